The van der Waals surface area contributed by atoms with Crippen LogP contribution in [0.2, 0.25) is 23.7 Å². The molecule has 0 aromatic carbocycles. The number of unbranched alkanes of at least 4 members (excludes halogenated alkanes) is 3. The van der Waals surface area contributed by atoms with Gasteiger partial charge in [0.2, 0.25) is 0 Å². The Labute approximate surface area is 365 Å². The molecule has 0 bridgehead atoms. The molecule has 0 aromatic rings. The SMILES string of the molecule is CCC[Si](C)(C1C(C)C(CCCCCCOC(C)(C)C)C2C(C3CCC(C(C)(C)C)CC3)CCCC21)C1C(C(C)C)CC2C(C3CCC(C(C)(C)C)CC3)CCCC21. The second-order valence-electron chi connectivity index (χ2n) is 26.9. The normalized spacial score (nSPS) is 41.3. The molecule has 2 heteroatoms. The lowest BCUT2D eigenvalue weighted by atomic mass is 9.60. The van der Waals surface area contributed by atoms with E-state index in [4.69, 9.17) is 4.74 Å². The lowest BCUT2D eigenvalue weighted by molar-refractivity contribution is -0.00484. The van der Waals surface area contributed by atoms with Crippen LogP contribution in [-0.2, 0) is 4.74 Å². The molecule has 12 atom stereocenters. The van der Waals surface area contributed by atoms with Gasteiger partial charge in [0.15, 0.2) is 0 Å². The Kier molecular flexibility index (Phi) is 16.0. The van der Waals surface area contributed by atoms with E-state index >= 15 is 0 Å². The van der Waals surface area contributed by atoms with Crippen LogP contribution in [0.3, 0.4) is 0 Å². The van der Waals surface area contributed by atoms with Crippen molar-refractivity contribution in [3.05, 3.63) is 0 Å². The predicted octanol–water partition coefficient (Wildman–Crippen LogP) is 17.7. The first kappa shape index (κ1) is 47.7. The van der Waals surface area contributed by atoms with Crippen molar-refractivity contribution in [1.82, 2.24) is 0 Å². The maximum atomic E-state index is 6.15. The average Bonchev–Trinajstić information content (AvgIpc) is 3.70. The third-order valence-corrected chi connectivity index (χ3v) is 26.7. The molecule has 0 aromatic heterocycles. The van der Waals surface area contributed by atoms with Crippen LogP contribution in [0.4, 0.5) is 0 Å². The van der Waals surface area contributed by atoms with Gasteiger partial charge in [-0.1, -0.05) is 133 Å². The molecule has 0 spiro atoms. The highest BCUT2D eigenvalue weighted by atomic mass is 28.3. The summed E-state index contributed by atoms with van der Waals surface area (Å²) >= 11 is 0. The van der Waals surface area contributed by atoms with Gasteiger partial charge < -0.3 is 4.74 Å². The molecular weight excluding hydrogens is 717 g/mol. The number of hydrogen-bond donors (Lipinski definition) is 0. The molecule has 338 valence electrons. The minimum Gasteiger partial charge on any atom is -0.376 e. The average molecular weight is 822 g/mol. The topological polar surface area (TPSA) is 9.23 Å². The van der Waals surface area contributed by atoms with Crippen molar-refractivity contribution in [2.24, 2.45) is 93.7 Å². The Balaban J connectivity index is 1.27. The van der Waals surface area contributed by atoms with Crippen LogP contribution >= 0.6 is 0 Å². The molecule has 0 saturated heterocycles. The van der Waals surface area contributed by atoms with Crippen molar-refractivity contribution in [2.75, 3.05) is 6.61 Å². The Morgan fingerprint density at radius 1 is 0.586 bits per heavy atom. The summed E-state index contributed by atoms with van der Waals surface area (Å²) in [6.07, 6.45) is 31.7. The van der Waals surface area contributed by atoms with Crippen LogP contribution in [0.15, 0.2) is 0 Å². The summed E-state index contributed by atoms with van der Waals surface area (Å²) < 4.78 is 6.15. The molecule has 0 heterocycles. The summed E-state index contributed by atoms with van der Waals surface area (Å²) in [6.45, 7) is 36.8. The lowest BCUT2D eigenvalue weighted by Gasteiger charge is -2.52. The first-order valence-corrected chi connectivity index (χ1v) is 29.8. The Hall–Kier alpha value is 0.177. The van der Waals surface area contributed by atoms with Crippen molar-refractivity contribution in [2.45, 2.75) is 254 Å². The van der Waals surface area contributed by atoms with Gasteiger partial charge in [0.25, 0.3) is 0 Å². The van der Waals surface area contributed by atoms with Crippen molar-refractivity contribution >= 4 is 8.07 Å². The van der Waals surface area contributed by atoms with Gasteiger partial charge in [-0.15, -0.1) is 0 Å². The van der Waals surface area contributed by atoms with E-state index in [9.17, 15) is 0 Å². The fourth-order valence-electron chi connectivity index (χ4n) is 17.7. The largest absolute Gasteiger partial charge is 0.376 e. The van der Waals surface area contributed by atoms with E-state index in [0.717, 1.165) is 101 Å². The molecule has 6 aliphatic rings. The smallest absolute Gasteiger partial charge is 0.0598 e. The van der Waals surface area contributed by atoms with Crippen LogP contribution < -0.4 is 0 Å². The van der Waals surface area contributed by atoms with Gasteiger partial charge in [0, 0.05) is 6.61 Å². The van der Waals surface area contributed by atoms with Crippen molar-refractivity contribution in [3.63, 3.8) is 0 Å². The van der Waals surface area contributed by atoms with E-state index in [-0.39, 0.29) is 5.60 Å². The first-order valence-electron chi connectivity index (χ1n) is 26.9. The quantitative estimate of drug-likeness (QED) is 0.125. The van der Waals surface area contributed by atoms with Crippen LogP contribution in [0.1, 0.15) is 225 Å². The van der Waals surface area contributed by atoms with Crippen LogP contribution in [0, 0.1) is 93.7 Å². The van der Waals surface area contributed by atoms with Crippen LogP contribution in [0.25, 0.3) is 0 Å². The predicted molar refractivity (Wildman–Crippen MR) is 257 cm³/mol. The van der Waals surface area contributed by atoms with Crippen molar-refractivity contribution < 1.29 is 4.74 Å². The zero-order chi connectivity index (χ0) is 42.2. The Morgan fingerprint density at radius 2 is 1.10 bits per heavy atom. The molecule has 6 fully saturated rings. The Morgan fingerprint density at radius 3 is 1.64 bits per heavy atom. The number of rotatable bonds is 14. The highest BCUT2D eigenvalue weighted by molar-refractivity contribution is 6.81. The van der Waals surface area contributed by atoms with Crippen molar-refractivity contribution in [3.8, 4) is 0 Å². The number of ether oxygens (including phenoxy) is 1. The van der Waals surface area contributed by atoms with E-state index in [1.54, 1.807) is 76.7 Å². The lowest BCUT2D eigenvalue weighted by Crippen LogP contribution is -2.50. The summed E-state index contributed by atoms with van der Waals surface area (Å²) in [7, 11) is -1.66. The third-order valence-electron chi connectivity index (χ3n) is 20.2. The maximum Gasteiger partial charge on any atom is 0.0598 e. The van der Waals surface area contributed by atoms with Gasteiger partial charge in [0.1, 0.15) is 0 Å². The second kappa shape index (κ2) is 19.5. The minimum absolute atomic E-state index is 0.00159. The molecule has 0 aliphatic heterocycles. The molecule has 12 unspecified atom stereocenters. The van der Waals surface area contributed by atoms with E-state index in [2.05, 4.69) is 96.6 Å². The van der Waals surface area contributed by atoms with E-state index in [0.29, 0.717) is 10.8 Å². The summed E-state index contributed by atoms with van der Waals surface area (Å²) in [5.74, 6) is 14.0. The summed E-state index contributed by atoms with van der Waals surface area (Å²) in [5.41, 5.74) is 3.13. The second-order valence-corrected chi connectivity index (χ2v) is 31.7. The minimum atomic E-state index is -1.66. The molecule has 58 heavy (non-hydrogen) atoms. The fourth-order valence-corrected chi connectivity index (χ4v) is 25.6. The third kappa shape index (κ3) is 10.6. The van der Waals surface area contributed by atoms with Gasteiger partial charge in [-0.25, -0.2) is 0 Å². The fraction of sp³-hybridized carbons (Fsp3) is 1.00. The van der Waals surface area contributed by atoms with Gasteiger partial charge in [0.05, 0.1) is 13.7 Å². The summed E-state index contributed by atoms with van der Waals surface area (Å²) in [5, 5.41) is 0. The van der Waals surface area contributed by atoms with Crippen molar-refractivity contribution in [1.29, 1.82) is 0 Å². The van der Waals surface area contributed by atoms with Gasteiger partial charge in [-0.2, -0.15) is 0 Å². The molecule has 0 radical (unpaired) electrons. The number of fused-ring (bicyclic) bond motifs is 2. The standard InChI is InChI=1S/C56H104OSi/c1-15-36-58(14,53-47-25-20-23-45(50(47)37-49(53)38(2)3)40-27-31-42(32-28-40)54(5,6)7)52-39(4)44(22-18-16-17-19-35-57-56(11,12)13)51-46(24-21-26-48(51)52)41-29-33-43(34-30-41)55(8,9)10/h38-53H,15-37H2,1-14H3. The summed E-state index contributed by atoms with van der Waals surface area (Å²) in [6, 6.07) is 1.63. The van der Waals surface area contributed by atoms with Crippen LogP contribution in [0.5, 0.6) is 0 Å². The van der Waals surface area contributed by atoms with Gasteiger partial charge in [-0.3, -0.25) is 0 Å². The molecule has 0 amide bonds. The maximum absolute atomic E-state index is 6.15. The molecule has 1 nitrogen and oxygen atoms in total. The van der Waals surface area contributed by atoms with Crippen LogP contribution in [-0.4, -0.2) is 20.3 Å². The highest BCUT2D eigenvalue weighted by Gasteiger charge is 2.64. The molecule has 6 aliphatic carbocycles. The monoisotopic (exact) mass is 821 g/mol. The molecule has 6 rings (SSSR count). The molecular formula is C56H104OSi. The Bertz CT molecular complexity index is 1230. The van der Waals surface area contributed by atoms with Gasteiger partial charge in [-0.05, 0) is 209 Å². The summed E-state index contributed by atoms with van der Waals surface area (Å²) in [4.78, 5) is 0. The number of hydrogen-bond acceptors (Lipinski definition) is 1. The molecule has 6 saturated carbocycles. The van der Waals surface area contributed by atoms with Gasteiger partial charge >= 0.3 is 0 Å². The zero-order valence-corrected chi connectivity index (χ0v) is 42.9. The highest BCUT2D eigenvalue weighted by Crippen LogP contribution is 2.71. The van der Waals surface area contributed by atoms with E-state index in [1.807, 2.05) is 0 Å². The molecule has 0 N–H and O–H groups in total. The first-order chi connectivity index (χ1) is 27.3. The van der Waals surface area contributed by atoms with E-state index < -0.39 is 8.07 Å². The zero-order valence-electron chi connectivity index (χ0n) is 41.9. The van der Waals surface area contributed by atoms with E-state index in [1.165, 1.54) is 64.2 Å².